The molecule has 0 fully saturated rings. The van der Waals surface area contributed by atoms with Gasteiger partial charge in [0.15, 0.2) is 0 Å². The maximum absolute atomic E-state index is 4.73. The van der Waals surface area contributed by atoms with E-state index in [1.807, 2.05) is 30.3 Å². The van der Waals surface area contributed by atoms with E-state index in [4.69, 9.17) is 9.97 Å². The Hall–Kier alpha value is -4.70. The molecule has 0 atom stereocenters. The fourth-order valence-electron chi connectivity index (χ4n) is 5.09. The summed E-state index contributed by atoms with van der Waals surface area (Å²) in [5.41, 5.74) is 8.93. The van der Waals surface area contributed by atoms with E-state index >= 15 is 0 Å². The molecule has 6 aromatic rings. The Bertz CT molecular complexity index is 1970. The largest absolute Gasteiger partial charge is 0.353 e. The van der Waals surface area contributed by atoms with Crippen molar-refractivity contribution in [2.45, 2.75) is 0 Å². The van der Waals surface area contributed by atoms with Crippen LogP contribution in [-0.2, 0) is 7.05 Å². The van der Waals surface area contributed by atoms with Crippen molar-refractivity contribution >= 4 is 54.6 Å². The number of aryl methyl sites for hydroxylation is 1. The number of aromatic amines is 1. The summed E-state index contributed by atoms with van der Waals surface area (Å²) in [7, 11) is 2.11. The van der Waals surface area contributed by atoms with Crippen LogP contribution >= 0.6 is 0 Å². The Kier molecular flexibility index (Phi) is 4.33. The number of nitrogens with one attached hydrogen (secondary N) is 1. The molecule has 4 nitrogen and oxygen atoms in total. The highest BCUT2D eigenvalue weighted by molar-refractivity contribution is 6.08. The molecule has 2 aromatic heterocycles. The molecule has 0 radical (unpaired) electrons. The van der Waals surface area contributed by atoms with Crippen LogP contribution < -0.4 is 0 Å². The van der Waals surface area contributed by atoms with E-state index in [2.05, 4.69) is 95.5 Å². The molecule has 0 unspecified atom stereocenters. The van der Waals surface area contributed by atoms with Gasteiger partial charge in [0.2, 0.25) is 0 Å². The number of hydrogen-bond acceptors (Lipinski definition) is 2. The van der Waals surface area contributed by atoms with Crippen molar-refractivity contribution in [3.63, 3.8) is 0 Å². The summed E-state index contributed by atoms with van der Waals surface area (Å²) in [4.78, 5) is 12.8. The number of nitrogens with zero attached hydrogens (tertiary/aromatic N) is 3. The van der Waals surface area contributed by atoms with Gasteiger partial charge in [-0.3, -0.25) is 0 Å². The molecule has 1 N–H and O–H groups in total. The number of para-hydroxylation sites is 4. The smallest absolute Gasteiger partial charge is 0.0965 e. The molecule has 0 amide bonds. The third-order valence-electron chi connectivity index (χ3n) is 6.74. The van der Waals surface area contributed by atoms with E-state index in [0.717, 1.165) is 33.3 Å². The van der Waals surface area contributed by atoms with Crippen molar-refractivity contribution in [3.8, 4) is 11.4 Å². The quantitative estimate of drug-likeness (QED) is 0.257. The summed E-state index contributed by atoms with van der Waals surface area (Å²) in [6.07, 6.45) is 0. The van der Waals surface area contributed by atoms with Crippen molar-refractivity contribution < 1.29 is 0 Å². The standard InChI is InChI=1S/C16H12N2.C15H10N2/c1-18-15-9-5-2-6-11(15)10-14-16(18)12-7-3-4-8-13(12)17-14;1-3-7-12-10(5-1)9-14-15(17-12)11-6-2-4-8-13(11)16-14/h2-10H,1H3;1-9,16H. The summed E-state index contributed by atoms with van der Waals surface area (Å²) < 4.78 is 2.24. The third-order valence-corrected chi connectivity index (χ3v) is 6.74. The first-order valence-corrected chi connectivity index (χ1v) is 11.8. The van der Waals surface area contributed by atoms with E-state index < -0.39 is 0 Å². The average molecular weight is 451 g/mol. The van der Waals surface area contributed by atoms with Crippen molar-refractivity contribution in [2.75, 3.05) is 0 Å². The van der Waals surface area contributed by atoms with Crippen LogP contribution in [0.15, 0.2) is 109 Å². The molecule has 2 aliphatic heterocycles. The van der Waals surface area contributed by atoms with Gasteiger partial charge in [0.1, 0.15) is 0 Å². The number of rotatable bonds is 0. The Morgan fingerprint density at radius 3 is 2.17 bits per heavy atom. The highest BCUT2D eigenvalue weighted by Gasteiger charge is 2.15. The van der Waals surface area contributed by atoms with Crippen molar-refractivity contribution in [3.05, 3.63) is 109 Å². The molecule has 8 rings (SSSR count). The molecular weight excluding hydrogens is 428 g/mol. The first-order valence-electron chi connectivity index (χ1n) is 11.8. The molecule has 2 aliphatic rings. The lowest BCUT2D eigenvalue weighted by atomic mass is 10.1. The first-order chi connectivity index (χ1) is 17.3. The fourth-order valence-corrected chi connectivity index (χ4v) is 5.09. The van der Waals surface area contributed by atoms with Crippen LogP contribution in [-0.4, -0.2) is 19.5 Å². The normalized spacial score (nSPS) is 11.6. The topological polar surface area (TPSA) is 46.5 Å². The van der Waals surface area contributed by atoms with Crippen LogP contribution in [0.5, 0.6) is 0 Å². The van der Waals surface area contributed by atoms with Gasteiger partial charge >= 0.3 is 0 Å². The first kappa shape index (κ1) is 19.7. The minimum Gasteiger partial charge on any atom is -0.353 e. The molecule has 4 aromatic carbocycles. The van der Waals surface area contributed by atoms with Crippen molar-refractivity contribution in [1.29, 1.82) is 0 Å². The molecule has 35 heavy (non-hydrogen) atoms. The van der Waals surface area contributed by atoms with Crippen molar-refractivity contribution in [1.82, 2.24) is 19.5 Å². The number of benzene rings is 4. The van der Waals surface area contributed by atoms with E-state index in [1.54, 1.807) is 0 Å². The van der Waals surface area contributed by atoms with Crippen LogP contribution in [0.2, 0.25) is 0 Å². The van der Waals surface area contributed by atoms with Gasteiger partial charge in [-0.15, -0.1) is 0 Å². The lowest BCUT2D eigenvalue weighted by Crippen LogP contribution is -1.98. The molecule has 0 aliphatic carbocycles. The predicted molar refractivity (Wildman–Crippen MR) is 146 cm³/mol. The number of pyridine rings is 2. The lowest BCUT2D eigenvalue weighted by molar-refractivity contribution is 0.967. The zero-order chi connectivity index (χ0) is 23.4. The highest BCUT2D eigenvalue weighted by Crippen LogP contribution is 2.33. The van der Waals surface area contributed by atoms with E-state index in [9.17, 15) is 0 Å². The summed E-state index contributed by atoms with van der Waals surface area (Å²) in [6, 6.07) is 37.6. The minimum absolute atomic E-state index is 1.05. The molecule has 0 bridgehead atoms. The predicted octanol–water partition coefficient (Wildman–Crippen LogP) is 7.70. The van der Waals surface area contributed by atoms with Gasteiger partial charge in [-0.2, -0.15) is 0 Å². The average Bonchev–Trinajstić information content (AvgIpc) is 3.45. The molecule has 0 spiro atoms. The zero-order valence-corrected chi connectivity index (χ0v) is 19.2. The zero-order valence-electron chi connectivity index (χ0n) is 19.2. The van der Waals surface area contributed by atoms with Gasteiger partial charge in [0, 0.05) is 39.6 Å². The van der Waals surface area contributed by atoms with Crippen molar-refractivity contribution in [2.24, 2.45) is 7.05 Å². The van der Waals surface area contributed by atoms with Gasteiger partial charge < -0.3 is 9.55 Å². The van der Waals surface area contributed by atoms with Gasteiger partial charge in [-0.25, -0.2) is 9.97 Å². The number of fused-ring (bicyclic) bond motifs is 8. The van der Waals surface area contributed by atoms with Crippen LogP contribution in [0.25, 0.3) is 66.0 Å². The van der Waals surface area contributed by atoms with Gasteiger partial charge in [-0.1, -0.05) is 72.8 Å². The fraction of sp³-hybridized carbons (Fsp3) is 0.0323. The molecule has 166 valence electrons. The number of hydrogen-bond donors (Lipinski definition) is 1. The molecule has 4 heteroatoms. The van der Waals surface area contributed by atoms with Crippen LogP contribution in [0.4, 0.5) is 0 Å². The highest BCUT2D eigenvalue weighted by atomic mass is 15.0. The third kappa shape index (κ3) is 3.15. The Balaban J connectivity index is 0.000000120. The Morgan fingerprint density at radius 2 is 1.29 bits per heavy atom. The van der Waals surface area contributed by atoms with E-state index in [-0.39, 0.29) is 0 Å². The number of H-pyrrole nitrogens is 1. The van der Waals surface area contributed by atoms with Gasteiger partial charge in [0.05, 0.1) is 33.5 Å². The molecule has 0 saturated carbocycles. The molecule has 4 heterocycles. The maximum Gasteiger partial charge on any atom is 0.0965 e. The van der Waals surface area contributed by atoms with Crippen LogP contribution in [0.3, 0.4) is 0 Å². The Morgan fingerprint density at radius 1 is 0.600 bits per heavy atom. The lowest BCUT2D eigenvalue weighted by Gasteiger charge is -2.11. The second-order valence-corrected chi connectivity index (χ2v) is 8.87. The Labute approximate surface area is 201 Å². The molecule has 0 saturated heterocycles. The second-order valence-electron chi connectivity index (χ2n) is 8.87. The van der Waals surface area contributed by atoms with E-state index in [1.165, 1.54) is 32.8 Å². The summed E-state index contributed by atoms with van der Waals surface area (Å²) >= 11 is 0. The minimum atomic E-state index is 1.05. The second kappa shape index (κ2) is 7.67. The maximum atomic E-state index is 4.73. The monoisotopic (exact) mass is 450 g/mol. The van der Waals surface area contributed by atoms with Gasteiger partial charge in [0.25, 0.3) is 0 Å². The SMILES string of the molecule is Cn1c2c3ccccc3nc-2cc2ccccc21.c1ccc2nc3c(cc2c1)[nH]c1ccccc13. The number of aromatic nitrogens is 4. The summed E-state index contributed by atoms with van der Waals surface area (Å²) in [5.74, 6) is 0. The molecular formula is C31H22N4. The van der Waals surface area contributed by atoms with Gasteiger partial charge in [-0.05, 0) is 36.4 Å². The summed E-state index contributed by atoms with van der Waals surface area (Å²) in [6.45, 7) is 0. The summed E-state index contributed by atoms with van der Waals surface area (Å²) in [5, 5.41) is 4.82. The van der Waals surface area contributed by atoms with E-state index in [0.29, 0.717) is 0 Å². The van der Waals surface area contributed by atoms with Crippen LogP contribution in [0.1, 0.15) is 0 Å². The van der Waals surface area contributed by atoms with Crippen LogP contribution in [0, 0.1) is 0 Å².